The Morgan fingerprint density at radius 3 is 2.63 bits per heavy atom. The van der Waals surface area contributed by atoms with Gasteiger partial charge in [-0.15, -0.1) is 0 Å². The molecule has 0 aliphatic carbocycles. The molecule has 0 radical (unpaired) electrons. The first-order chi connectivity index (χ1) is 8.99. The Hall–Kier alpha value is -1.32. The molecule has 0 saturated carbocycles. The van der Waals surface area contributed by atoms with E-state index in [1.54, 1.807) is 0 Å². The van der Waals surface area contributed by atoms with Gasteiger partial charge in [-0.25, -0.2) is 0 Å². The van der Waals surface area contributed by atoms with Crippen molar-refractivity contribution in [2.45, 2.75) is 32.7 Å². The zero-order valence-corrected chi connectivity index (χ0v) is 12.4. The molecule has 0 spiro atoms. The molecule has 4 heteroatoms. The fourth-order valence-corrected chi connectivity index (χ4v) is 2.56. The SMILES string of the molecule is CCc1cc(CC(N)c2cc(C)cc(Cl)c2)n(C)n1. The Morgan fingerprint density at radius 1 is 1.32 bits per heavy atom. The number of hydrogen-bond acceptors (Lipinski definition) is 2. The third kappa shape index (κ3) is 3.37. The van der Waals surface area contributed by atoms with Crippen LogP contribution in [0, 0.1) is 6.92 Å². The van der Waals surface area contributed by atoms with E-state index in [2.05, 4.69) is 24.2 Å². The summed E-state index contributed by atoms with van der Waals surface area (Å²) in [7, 11) is 1.96. The fraction of sp³-hybridized carbons (Fsp3) is 0.400. The van der Waals surface area contributed by atoms with Gasteiger partial charge in [-0.3, -0.25) is 4.68 Å². The zero-order valence-electron chi connectivity index (χ0n) is 11.7. The van der Waals surface area contributed by atoms with Crippen molar-refractivity contribution in [1.29, 1.82) is 0 Å². The van der Waals surface area contributed by atoms with Crippen molar-refractivity contribution in [2.24, 2.45) is 12.8 Å². The maximum Gasteiger partial charge on any atom is 0.0624 e. The van der Waals surface area contributed by atoms with Crippen LogP contribution in [0.2, 0.25) is 5.02 Å². The van der Waals surface area contributed by atoms with Crippen LogP contribution in [0.1, 0.15) is 35.5 Å². The molecule has 0 amide bonds. The molecule has 2 N–H and O–H groups in total. The van der Waals surface area contributed by atoms with E-state index >= 15 is 0 Å². The average molecular weight is 278 g/mol. The van der Waals surface area contributed by atoms with E-state index in [0.29, 0.717) is 0 Å². The van der Waals surface area contributed by atoms with Crippen LogP contribution in [0.4, 0.5) is 0 Å². The van der Waals surface area contributed by atoms with Crippen LogP contribution < -0.4 is 5.73 Å². The lowest BCUT2D eigenvalue weighted by atomic mass is 10.0. The summed E-state index contributed by atoms with van der Waals surface area (Å²) in [5.74, 6) is 0. The number of halogens is 1. The van der Waals surface area contributed by atoms with E-state index < -0.39 is 0 Å². The Kier molecular flexibility index (Phi) is 4.27. The molecular weight excluding hydrogens is 258 g/mol. The number of hydrogen-bond donors (Lipinski definition) is 1. The van der Waals surface area contributed by atoms with Gasteiger partial charge in [-0.05, 0) is 42.7 Å². The largest absolute Gasteiger partial charge is 0.324 e. The summed E-state index contributed by atoms with van der Waals surface area (Å²) in [5.41, 5.74) is 10.8. The highest BCUT2D eigenvalue weighted by molar-refractivity contribution is 6.30. The smallest absolute Gasteiger partial charge is 0.0624 e. The van der Waals surface area contributed by atoms with Crippen molar-refractivity contribution in [3.8, 4) is 0 Å². The van der Waals surface area contributed by atoms with Gasteiger partial charge in [0.25, 0.3) is 0 Å². The Balaban J connectivity index is 2.20. The second-order valence-electron chi connectivity index (χ2n) is 4.98. The lowest BCUT2D eigenvalue weighted by Crippen LogP contribution is -2.15. The summed E-state index contributed by atoms with van der Waals surface area (Å²) in [6.07, 6.45) is 1.71. The minimum absolute atomic E-state index is 0.0579. The average Bonchev–Trinajstić information content (AvgIpc) is 2.69. The van der Waals surface area contributed by atoms with Crippen LogP contribution in [-0.2, 0) is 19.9 Å². The van der Waals surface area contributed by atoms with Crippen molar-refractivity contribution in [3.05, 3.63) is 51.8 Å². The van der Waals surface area contributed by atoms with Gasteiger partial charge in [-0.1, -0.05) is 24.6 Å². The molecule has 3 nitrogen and oxygen atoms in total. The molecule has 0 saturated heterocycles. The van der Waals surface area contributed by atoms with E-state index in [0.717, 1.165) is 40.4 Å². The summed E-state index contributed by atoms with van der Waals surface area (Å²) < 4.78 is 1.91. The molecule has 2 rings (SSSR count). The number of rotatable bonds is 4. The summed E-state index contributed by atoms with van der Waals surface area (Å²) in [6, 6.07) is 8.04. The van der Waals surface area contributed by atoms with E-state index in [1.165, 1.54) is 0 Å². The molecule has 0 fully saturated rings. The van der Waals surface area contributed by atoms with Crippen LogP contribution in [0.15, 0.2) is 24.3 Å². The van der Waals surface area contributed by atoms with Crippen LogP contribution >= 0.6 is 11.6 Å². The van der Waals surface area contributed by atoms with E-state index in [4.69, 9.17) is 17.3 Å². The second kappa shape index (κ2) is 5.76. The van der Waals surface area contributed by atoms with Crippen LogP contribution in [0.3, 0.4) is 0 Å². The lowest BCUT2D eigenvalue weighted by Gasteiger charge is -2.13. The van der Waals surface area contributed by atoms with Gasteiger partial charge in [0.2, 0.25) is 0 Å². The summed E-state index contributed by atoms with van der Waals surface area (Å²) in [6.45, 7) is 4.13. The standard InChI is InChI=1S/C15H20ClN3/c1-4-13-8-14(19(3)18-13)9-15(17)11-5-10(2)6-12(16)7-11/h5-8,15H,4,9,17H2,1-3H3. The van der Waals surface area contributed by atoms with Crippen molar-refractivity contribution < 1.29 is 0 Å². The maximum absolute atomic E-state index is 6.28. The van der Waals surface area contributed by atoms with Crippen LogP contribution in [0.5, 0.6) is 0 Å². The van der Waals surface area contributed by atoms with Crippen LogP contribution in [0.25, 0.3) is 0 Å². The zero-order chi connectivity index (χ0) is 14.0. The third-order valence-electron chi connectivity index (χ3n) is 3.31. The van der Waals surface area contributed by atoms with E-state index in [-0.39, 0.29) is 6.04 Å². The van der Waals surface area contributed by atoms with Gasteiger partial charge in [-0.2, -0.15) is 5.10 Å². The molecular formula is C15H20ClN3. The molecule has 19 heavy (non-hydrogen) atoms. The highest BCUT2D eigenvalue weighted by Gasteiger charge is 2.12. The van der Waals surface area contributed by atoms with Gasteiger partial charge >= 0.3 is 0 Å². The molecule has 1 heterocycles. The monoisotopic (exact) mass is 277 g/mol. The van der Waals surface area contributed by atoms with E-state index in [9.17, 15) is 0 Å². The van der Waals surface area contributed by atoms with Gasteiger partial charge in [0.05, 0.1) is 5.69 Å². The Morgan fingerprint density at radius 2 is 2.05 bits per heavy atom. The first-order valence-corrected chi connectivity index (χ1v) is 6.92. The van der Waals surface area contributed by atoms with Gasteiger partial charge in [0.15, 0.2) is 0 Å². The second-order valence-corrected chi connectivity index (χ2v) is 5.41. The summed E-state index contributed by atoms with van der Waals surface area (Å²) in [4.78, 5) is 0. The van der Waals surface area contributed by atoms with Crippen LogP contribution in [-0.4, -0.2) is 9.78 Å². The normalized spacial score (nSPS) is 12.7. The minimum Gasteiger partial charge on any atom is -0.324 e. The van der Waals surface area contributed by atoms with Gasteiger partial charge in [0.1, 0.15) is 0 Å². The first kappa shape index (κ1) is 14.1. The quantitative estimate of drug-likeness (QED) is 0.933. The van der Waals surface area contributed by atoms with Gasteiger partial charge in [0, 0.05) is 30.2 Å². The molecule has 1 aromatic heterocycles. The fourth-order valence-electron chi connectivity index (χ4n) is 2.26. The van der Waals surface area contributed by atoms with E-state index in [1.807, 2.05) is 30.8 Å². The lowest BCUT2D eigenvalue weighted by molar-refractivity contribution is 0.638. The summed E-state index contributed by atoms with van der Waals surface area (Å²) >= 11 is 6.08. The number of nitrogens with zero attached hydrogens (tertiary/aromatic N) is 2. The Labute approximate surface area is 119 Å². The van der Waals surface area contributed by atoms with Gasteiger partial charge < -0.3 is 5.73 Å². The van der Waals surface area contributed by atoms with Crippen molar-refractivity contribution in [1.82, 2.24) is 9.78 Å². The number of aromatic nitrogens is 2. The molecule has 0 bridgehead atoms. The molecule has 0 aliphatic heterocycles. The predicted octanol–water partition coefficient (Wildman–Crippen LogP) is 3.19. The highest BCUT2D eigenvalue weighted by Crippen LogP contribution is 2.22. The minimum atomic E-state index is -0.0579. The first-order valence-electron chi connectivity index (χ1n) is 6.54. The molecule has 1 aromatic carbocycles. The summed E-state index contributed by atoms with van der Waals surface area (Å²) in [5, 5.41) is 5.19. The highest BCUT2D eigenvalue weighted by atomic mass is 35.5. The molecule has 2 aromatic rings. The molecule has 102 valence electrons. The molecule has 1 unspecified atom stereocenters. The molecule has 1 atom stereocenters. The topological polar surface area (TPSA) is 43.8 Å². The van der Waals surface area contributed by atoms with Crippen molar-refractivity contribution in [3.63, 3.8) is 0 Å². The predicted molar refractivity (Wildman–Crippen MR) is 79.4 cm³/mol. The Bertz CT molecular complexity index is 555. The molecule has 0 aliphatic rings. The maximum atomic E-state index is 6.28. The number of benzene rings is 1. The number of nitrogens with two attached hydrogens (primary N) is 1. The van der Waals surface area contributed by atoms with Crippen molar-refractivity contribution >= 4 is 11.6 Å². The van der Waals surface area contributed by atoms with Crippen molar-refractivity contribution in [2.75, 3.05) is 0 Å². The number of aryl methyl sites for hydroxylation is 3. The third-order valence-corrected chi connectivity index (χ3v) is 3.53.